The largest absolute Gasteiger partial charge is 0.372 e. The zero-order valence-electron chi connectivity index (χ0n) is 12.0. The van der Waals surface area contributed by atoms with Crippen molar-refractivity contribution >= 4 is 17.3 Å². The number of rotatable bonds is 7. The Morgan fingerprint density at radius 3 is 2.61 bits per heavy atom. The summed E-state index contributed by atoms with van der Waals surface area (Å²) < 4.78 is 0. The van der Waals surface area contributed by atoms with E-state index in [1.165, 1.54) is 24.1 Å². The van der Waals surface area contributed by atoms with Crippen LogP contribution in [0.2, 0.25) is 5.02 Å². The maximum Gasteiger partial charge on any atom is 0.0471 e. The van der Waals surface area contributed by atoms with Crippen molar-refractivity contribution in [1.29, 1.82) is 0 Å². The summed E-state index contributed by atoms with van der Waals surface area (Å²) in [5.41, 5.74) is 2.36. The van der Waals surface area contributed by atoms with Crippen LogP contribution >= 0.6 is 11.6 Å². The molecule has 0 fully saturated rings. The van der Waals surface area contributed by atoms with Crippen molar-refractivity contribution < 1.29 is 0 Å². The van der Waals surface area contributed by atoms with Crippen LogP contribution in [0.4, 0.5) is 5.69 Å². The van der Waals surface area contributed by atoms with Crippen LogP contribution in [0.3, 0.4) is 0 Å². The fourth-order valence-electron chi connectivity index (χ4n) is 2.02. The number of halogens is 1. The molecule has 3 heteroatoms. The van der Waals surface area contributed by atoms with Crippen LogP contribution in [-0.2, 0) is 6.54 Å². The van der Waals surface area contributed by atoms with E-state index in [2.05, 4.69) is 56.2 Å². The molecule has 1 unspecified atom stereocenters. The fraction of sp³-hybridized carbons (Fsp3) is 0.600. The molecule has 0 aliphatic rings. The van der Waals surface area contributed by atoms with Crippen LogP contribution in [0.15, 0.2) is 18.2 Å². The summed E-state index contributed by atoms with van der Waals surface area (Å²) in [5, 5.41) is 4.15. The maximum absolute atomic E-state index is 6.32. The third-order valence-corrected chi connectivity index (χ3v) is 3.73. The van der Waals surface area contributed by atoms with Gasteiger partial charge in [-0.15, -0.1) is 0 Å². The van der Waals surface area contributed by atoms with Gasteiger partial charge in [-0.25, -0.2) is 0 Å². The highest BCUT2D eigenvalue weighted by atomic mass is 35.5. The van der Waals surface area contributed by atoms with Gasteiger partial charge in [0.25, 0.3) is 0 Å². The summed E-state index contributed by atoms with van der Waals surface area (Å²) in [7, 11) is 2.13. The van der Waals surface area contributed by atoms with Gasteiger partial charge in [-0.1, -0.05) is 37.9 Å². The van der Waals surface area contributed by atoms with Crippen molar-refractivity contribution in [2.24, 2.45) is 0 Å². The number of hydrogen-bond acceptors (Lipinski definition) is 2. The minimum absolute atomic E-state index is 0.547. The van der Waals surface area contributed by atoms with Gasteiger partial charge in [0.05, 0.1) is 0 Å². The maximum atomic E-state index is 6.32. The molecule has 0 heterocycles. The van der Waals surface area contributed by atoms with Gasteiger partial charge in [0.1, 0.15) is 0 Å². The predicted molar refractivity (Wildman–Crippen MR) is 81.6 cm³/mol. The van der Waals surface area contributed by atoms with Crippen molar-refractivity contribution in [2.45, 2.75) is 46.2 Å². The standard InChI is InChI=1S/C15H25ClN2/c1-5-7-12(3)18(4)14-9-8-13(11-17-6-2)15(16)10-14/h8-10,12,17H,5-7,11H2,1-4H3. The summed E-state index contributed by atoms with van der Waals surface area (Å²) in [6, 6.07) is 6.89. The average Bonchev–Trinajstić information content (AvgIpc) is 2.36. The van der Waals surface area contributed by atoms with E-state index in [9.17, 15) is 0 Å². The molecule has 1 atom stereocenters. The minimum Gasteiger partial charge on any atom is -0.372 e. The van der Waals surface area contributed by atoms with Crippen LogP contribution in [-0.4, -0.2) is 19.6 Å². The molecule has 1 N–H and O–H groups in total. The van der Waals surface area contributed by atoms with Gasteiger partial charge in [0, 0.05) is 30.3 Å². The highest BCUT2D eigenvalue weighted by Gasteiger charge is 2.10. The number of benzene rings is 1. The van der Waals surface area contributed by atoms with Crippen molar-refractivity contribution in [1.82, 2.24) is 5.32 Å². The second-order valence-corrected chi connectivity index (χ2v) is 5.21. The normalized spacial score (nSPS) is 12.5. The number of hydrogen-bond donors (Lipinski definition) is 1. The zero-order valence-corrected chi connectivity index (χ0v) is 12.7. The molecule has 1 rings (SSSR count). The van der Waals surface area contributed by atoms with Gasteiger partial charge in [-0.3, -0.25) is 0 Å². The molecule has 2 nitrogen and oxygen atoms in total. The van der Waals surface area contributed by atoms with Crippen molar-refractivity contribution in [3.8, 4) is 0 Å². The molecule has 0 bridgehead atoms. The molecule has 0 saturated carbocycles. The Kier molecular flexibility index (Phi) is 6.51. The Balaban J connectivity index is 2.76. The molecule has 0 radical (unpaired) electrons. The third kappa shape index (κ3) is 4.18. The molecular formula is C15H25ClN2. The van der Waals surface area contributed by atoms with Crippen LogP contribution in [0.1, 0.15) is 39.2 Å². The third-order valence-electron chi connectivity index (χ3n) is 3.38. The van der Waals surface area contributed by atoms with E-state index in [0.717, 1.165) is 18.1 Å². The second kappa shape index (κ2) is 7.65. The van der Waals surface area contributed by atoms with Gasteiger partial charge < -0.3 is 10.2 Å². The highest BCUT2D eigenvalue weighted by Crippen LogP contribution is 2.25. The lowest BCUT2D eigenvalue weighted by atomic mass is 10.1. The summed E-state index contributed by atoms with van der Waals surface area (Å²) in [6.45, 7) is 8.37. The number of nitrogens with zero attached hydrogens (tertiary/aromatic N) is 1. The van der Waals surface area contributed by atoms with Gasteiger partial charge in [0.15, 0.2) is 0 Å². The molecule has 1 aromatic carbocycles. The van der Waals surface area contributed by atoms with E-state index in [1.54, 1.807) is 0 Å². The lowest BCUT2D eigenvalue weighted by molar-refractivity contribution is 0.616. The lowest BCUT2D eigenvalue weighted by Gasteiger charge is -2.27. The summed E-state index contributed by atoms with van der Waals surface area (Å²) in [4.78, 5) is 2.30. The van der Waals surface area contributed by atoms with Crippen molar-refractivity contribution in [2.75, 3.05) is 18.5 Å². The van der Waals surface area contributed by atoms with Crippen molar-refractivity contribution in [3.05, 3.63) is 28.8 Å². The second-order valence-electron chi connectivity index (χ2n) is 4.80. The first kappa shape index (κ1) is 15.3. The summed E-state index contributed by atoms with van der Waals surface area (Å²) in [6.07, 6.45) is 2.41. The van der Waals surface area contributed by atoms with E-state index < -0.39 is 0 Å². The van der Waals surface area contributed by atoms with E-state index in [0.29, 0.717) is 6.04 Å². The molecule has 1 aromatic rings. The van der Waals surface area contributed by atoms with Crippen LogP contribution in [0, 0.1) is 0 Å². The Bertz CT molecular complexity index is 366. The molecule has 0 aromatic heterocycles. The number of nitrogens with one attached hydrogen (secondary N) is 1. The Labute approximate surface area is 116 Å². The Hall–Kier alpha value is -0.730. The first-order valence-corrected chi connectivity index (χ1v) is 7.19. The predicted octanol–water partition coefficient (Wildman–Crippen LogP) is 4.07. The first-order chi connectivity index (χ1) is 8.60. The van der Waals surface area contributed by atoms with Crippen LogP contribution in [0.5, 0.6) is 0 Å². The zero-order chi connectivity index (χ0) is 13.5. The van der Waals surface area contributed by atoms with Crippen molar-refractivity contribution in [3.63, 3.8) is 0 Å². The Morgan fingerprint density at radius 1 is 1.33 bits per heavy atom. The molecule has 0 aliphatic carbocycles. The topological polar surface area (TPSA) is 15.3 Å². The van der Waals surface area contributed by atoms with Gasteiger partial charge in [-0.05, 0) is 37.6 Å². The molecule has 102 valence electrons. The van der Waals surface area contributed by atoms with E-state index >= 15 is 0 Å². The first-order valence-electron chi connectivity index (χ1n) is 6.82. The summed E-state index contributed by atoms with van der Waals surface area (Å²) >= 11 is 6.32. The fourth-order valence-corrected chi connectivity index (χ4v) is 2.27. The van der Waals surface area contributed by atoms with E-state index in [-0.39, 0.29) is 0 Å². The average molecular weight is 269 g/mol. The Morgan fingerprint density at radius 2 is 2.06 bits per heavy atom. The van der Waals surface area contributed by atoms with Crippen LogP contribution < -0.4 is 10.2 Å². The molecule has 0 saturated heterocycles. The molecule has 18 heavy (non-hydrogen) atoms. The SMILES string of the molecule is CCCC(C)N(C)c1ccc(CNCC)c(Cl)c1. The van der Waals surface area contributed by atoms with Gasteiger partial charge >= 0.3 is 0 Å². The molecular weight excluding hydrogens is 244 g/mol. The minimum atomic E-state index is 0.547. The molecule has 0 amide bonds. The van der Waals surface area contributed by atoms with E-state index in [1.807, 2.05) is 0 Å². The van der Waals surface area contributed by atoms with E-state index in [4.69, 9.17) is 11.6 Å². The summed E-state index contributed by atoms with van der Waals surface area (Å²) in [5.74, 6) is 0. The number of anilines is 1. The molecule has 0 spiro atoms. The quantitative estimate of drug-likeness (QED) is 0.802. The highest BCUT2D eigenvalue weighted by molar-refractivity contribution is 6.31. The molecule has 0 aliphatic heterocycles. The lowest BCUT2D eigenvalue weighted by Crippen LogP contribution is -2.28. The smallest absolute Gasteiger partial charge is 0.0471 e. The van der Waals surface area contributed by atoms with Gasteiger partial charge in [-0.2, -0.15) is 0 Å². The van der Waals surface area contributed by atoms with Crippen LogP contribution in [0.25, 0.3) is 0 Å². The van der Waals surface area contributed by atoms with Gasteiger partial charge in [0.2, 0.25) is 0 Å². The monoisotopic (exact) mass is 268 g/mol.